The molecule has 1 aromatic heterocycles. The number of hydrogen-bond acceptors (Lipinski definition) is 4. The fraction of sp³-hybridized carbons (Fsp3) is 0.500. The van der Waals surface area contributed by atoms with Crippen molar-refractivity contribution in [3.8, 4) is 0 Å². The number of halogens is 2. The molecule has 0 unspecified atom stereocenters. The molecule has 6 nitrogen and oxygen atoms in total. The summed E-state index contributed by atoms with van der Waals surface area (Å²) in [6.45, 7) is 6.47. The van der Waals surface area contributed by atoms with E-state index < -0.39 is 0 Å². The minimum Gasteiger partial charge on any atom is -0.371 e. The number of guanidine groups is 1. The summed E-state index contributed by atoms with van der Waals surface area (Å²) in [4.78, 5) is 6.56. The lowest BCUT2D eigenvalue weighted by atomic mass is 10.0. The van der Waals surface area contributed by atoms with Crippen LogP contribution in [0, 0.1) is 19.7 Å². The van der Waals surface area contributed by atoms with Crippen molar-refractivity contribution < 1.29 is 8.91 Å². The Balaban J connectivity index is 0.00000280. The Hall–Kier alpha value is -1.84. The minimum absolute atomic E-state index is 0. The van der Waals surface area contributed by atoms with Gasteiger partial charge in [0.25, 0.3) is 0 Å². The number of aromatic nitrogens is 1. The van der Waals surface area contributed by atoms with Gasteiger partial charge < -0.3 is 20.1 Å². The van der Waals surface area contributed by atoms with Gasteiger partial charge in [-0.15, -0.1) is 24.0 Å². The van der Waals surface area contributed by atoms with Crippen molar-refractivity contribution >= 4 is 35.6 Å². The first-order valence-corrected chi connectivity index (χ1v) is 9.46. The van der Waals surface area contributed by atoms with Gasteiger partial charge in [-0.3, -0.25) is 4.99 Å². The number of rotatable bonds is 5. The van der Waals surface area contributed by atoms with Crippen LogP contribution in [0.3, 0.4) is 0 Å². The third kappa shape index (κ3) is 5.83. The van der Waals surface area contributed by atoms with E-state index in [0.717, 1.165) is 67.6 Å². The fourth-order valence-electron chi connectivity index (χ4n) is 3.51. The summed E-state index contributed by atoms with van der Waals surface area (Å²) in [5.41, 5.74) is 3.05. The molecule has 0 radical (unpaired) electrons. The molecule has 1 aliphatic heterocycles. The molecular formula is C20H29FIN5O. The molecule has 0 aliphatic carbocycles. The lowest BCUT2D eigenvalue weighted by Gasteiger charge is -2.34. The fourth-order valence-corrected chi connectivity index (χ4v) is 3.51. The van der Waals surface area contributed by atoms with Gasteiger partial charge in [0.1, 0.15) is 11.6 Å². The Labute approximate surface area is 183 Å². The van der Waals surface area contributed by atoms with Crippen molar-refractivity contribution in [2.75, 3.05) is 31.6 Å². The van der Waals surface area contributed by atoms with Crippen LogP contribution in [0.5, 0.6) is 0 Å². The van der Waals surface area contributed by atoms with E-state index in [1.165, 1.54) is 6.07 Å². The summed E-state index contributed by atoms with van der Waals surface area (Å²) < 4.78 is 18.6. The van der Waals surface area contributed by atoms with E-state index in [1.54, 1.807) is 19.2 Å². The van der Waals surface area contributed by atoms with Gasteiger partial charge in [0, 0.05) is 44.0 Å². The number of hydrogen-bond donors (Lipinski definition) is 2. The molecule has 2 N–H and O–H groups in total. The van der Waals surface area contributed by atoms with Gasteiger partial charge in [-0.2, -0.15) is 0 Å². The van der Waals surface area contributed by atoms with E-state index in [9.17, 15) is 4.39 Å². The molecule has 1 saturated heterocycles. The SMILES string of the molecule is CN=C(NCCc1c(C)noc1C)NC1CCN(c2cccc(F)c2)CC1.I. The topological polar surface area (TPSA) is 65.7 Å². The predicted molar refractivity (Wildman–Crippen MR) is 121 cm³/mol. The maximum atomic E-state index is 13.4. The van der Waals surface area contributed by atoms with Crippen LogP contribution in [0.1, 0.15) is 29.9 Å². The quantitative estimate of drug-likeness (QED) is 0.374. The summed E-state index contributed by atoms with van der Waals surface area (Å²) >= 11 is 0. The highest BCUT2D eigenvalue weighted by molar-refractivity contribution is 14.0. The van der Waals surface area contributed by atoms with E-state index in [-0.39, 0.29) is 29.8 Å². The van der Waals surface area contributed by atoms with Crippen LogP contribution in [-0.4, -0.2) is 43.8 Å². The van der Waals surface area contributed by atoms with Crippen LogP contribution in [0.4, 0.5) is 10.1 Å². The van der Waals surface area contributed by atoms with Gasteiger partial charge in [-0.05, 0) is 51.3 Å². The second-order valence-electron chi connectivity index (χ2n) is 6.94. The monoisotopic (exact) mass is 501 g/mol. The van der Waals surface area contributed by atoms with Crippen LogP contribution in [-0.2, 0) is 6.42 Å². The summed E-state index contributed by atoms with van der Waals surface area (Å²) in [7, 11) is 1.78. The highest BCUT2D eigenvalue weighted by atomic mass is 127. The first-order valence-electron chi connectivity index (χ1n) is 9.46. The molecule has 154 valence electrons. The summed E-state index contributed by atoms with van der Waals surface area (Å²) in [6, 6.07) is 7.17. The molecule has 28 heavy (non-hydrogen) atoms. The Morgan fingerprint density at radius 2 is 2.07 bits per heavy atom. The average Bonchev–Trinajstić information content (AvgIpc) is 2.99. The number of piperidine rings is 1. The Morgan fingerprint density at radius 3 is 2.68 bits per heavy atom. The Kier molecular flexibility index (Phi) is 8.53. The van der Waals surface area contributed by atoms with Crippen LogP contribution >= 0.6 is 24.0 Å². The summed E-state index contributed by atoms with van der Waals surface area (Å²) in [5.74, 6) is 1.50. The Morgan fingerprint density at radius 1 is 1.32 bits per heavy atom. The number of aliphatic imine (C=N–C) groups is 1. The van der Waals surface area contributed by atoms with Crippen LogP contribution in [0.2, 0.25) is 0 Å². The van der Waals surface area contributed by atoms with Crippen LogP contribution in [0.25, 0.3) is 0 Å². The smallest absolute Gasteiger partial charge is 0.191 e. The zero-order chi connectivity index (χ0) is 19.2. The molecule has 0 spiro atoms. The van der Waals surface area contributed by atoms with Gasteiger partial charge in [-0.1, -0.05) is 11.2 Å². The molecule has 0 atom stereocenters. The van der Waals surface area contributed by atoms with Gasteiger partial charge in [-0.25, -0.2) is 4.39 Å². The van der Waals surface area contributed by atoms with Gasteiger partial charge in [0.05, 0.1) is 5.69 Å². The number of nitrogens with one attached hydrogen (secondary N) is 2. The van der Waals surface area contributed by atoms with Crippen molar-refractivity contribution in [1.82, 2.24) is 15.8 Å². The highest BCUT2D eigenvalue weighted by Gasteiger charge is 2.20. The van der Waals surface area contributed by atoms with Crippen molar-refractivity contribution in [3.63, 3.8) is 0 Å². The first kappa shape index (κ1) is 22.4. The molecule has 3 rings (SSSR count). The van der Waals surface area contributed by atoms with E-state index in [1.807, 2.05) is 19.9 Å². The van der Waals surface area contributed by atoms with Gasteiger partial charge in [0.15, 0.2) is 5.96 Å². The third-order valence-electron chi connectivity index (χ3n) is 5.08. The average molecular weight is 501 g/mol. The third-order valence-corrected chi connectivity index (χ3v) is 5.08. The molecule has 1 aromatic carbocycles. The van der Waals surface area contributed by atoms with Crippen molar-refractivity contribution in [3.05, 3.63) is 47.1 Å². The molecule has 0 saturated carbocycles. The molecule has 8 heteroatoms. The van der Waals surface area contributed by atoms with Crippen molar-refractivity contribution in [2.45, 2.75) is 39.2 Å². The number of anilines is 1. The van der Waals surface area contributed by atoms with E-state index >= 15 is 0 Å². The minimum atomic E-state index is -0.185. The maximum absolute atomic E-state index is 13.4. The van der Waals surface area contributed by atoms with Crippen LogP contribution < -0.4 is 15.5 Å². The van der Waals surface area contributed by atoms with E-state index in [2.05, 4.69) is 25.7 Å². The van der Waals surface area contributed by atoms with Gasteiger partial charge >= 0.3 is 0 Å². The summed E-state index contributed by atoms with van der Waals surface area (Å²) in [6.07, 6.45) is 2.82. The molecule has 1 aliphatic rings. The second kappa shape index (κ2) is 10.6. The lowest BCUT2D eigenvalue weighted by molar-refractivity contribution is 0.392. The predicted octanol–water partition coefficient (Wildman–Crippen LogP) is 3.43. The second-order valence-corrected chi connectivity index (χ2v) is 6.94. The highest BCUT2D eigenvalue weighted by Crippen LogP contribution is 2.20. The van der Waals surface area contributed by atoms with Crippen molar-refractivity contribution in [2.24, 2.45) is 4.99 Å². The largest absolute Gasteiger partial charge is 0.371 e. The van der Waals surface area contributed by atoms with Crippen LogP contribution in [0.15, 0.2) is 33.8 Å². The number of benzene rings is 1. The molecular weight excluding hydrogens is 472 g/mol. The normalized spacial score (nSPS) is 15.3. The maximum Gasteiger partial charge on any atom is 0.191 e. The summed E-state index contributed by atoms with van der Waals surface area (Å²) in [5, 5.41) is 10.9. The van der Waals surface area contributed by atoms with Crippen molar-refractivity contribution in [1.29, 1.82) is 0 Å². The van der Waals surface area contributed by atoms with E-state index in [0.29, 0.717) is 6.04 Å². The number of aryl methyl sites for hydroxylation is 2. The molecule has 2 heterocycles. The van der Waals surface area contributed by atoms with Gasteiger partial charge in [0.2, 0.25) is 0 Å². The number of nitrogens with zero attached hydrogens (tertiary/aromatic N) is 3. The molecule has 0 bridgehead atoms. The standard InChI is InChI=1S/C20H28FN5O.HI/c1-14-19(15(2)27-25-14)7-10-23-20(22-3)24-17-8-11-26(12-9-17)18-6-4-5-16(21)13-18;/h4-6,13,17H,7-12H2,1-3H3,(H2,22,23,24);1H. The zero-order valence-electron chi connectivity index (χ0n) is 16.7. The van der Waals surface area contributed by atoms with E-state index in [4.69, 9.17) is 4.52 Å². The molecule has 2 aromatic rings. The Bertz CT molecular complexity index is 767. The first-order chi connectivity index (χ1) is 13.1. The lowest BCUT2D eigenvalue weighted by Crippen LogP contribution is -2.49. The zero-order valence-corrected chi connectivity index (χ0v) is 19.0. The molecule has 1 fully saturated rings. The molecule has 0 amide bonds.